The average Bonchev–Trinajstić information content (AvgIpc) is 2.75. The highest BCUT2D eigenvalue weighted by molar-refractivity contribution is 6.02. The van der Waals surface area contributed by atoms with Crippen molar-refractivity contribution in [1.82, 2.24) is 10.6 Å². The van der Waals surface area contributed by atoms with Crippen molar-refractivity contribution in [3.05, 3.63) is 71.5 Å². The molecular formula is C23H25N3O5. The van der Waals surface area contributed by atoms with E-state index in [2.05, 4.69) is 10.6 Å². The lowest BCUT2D eigenvalue weighted by Gasteiger charge is -2.31. The van der Waals surface area contributed by atoms with Crippen molar-refractivity contribution in [3.63, 3.8) is 0 Å². The molecule has 0 radical (unpaired) electrons. The first-order valence-corrected chi connectivity index (χ1v) is 9.92. The van der Waals surface area contributed by atoms with Crippen molar-refractivity contribution in [1.29, 1.82) is 0 Å². The Hall–Kier alpha value is -3.65. The van der Waals surface area contributed by atoms with Crippen LogP contribution in [-0.4, -0.2) is 48.1 Å². The van der Waals surface area contributed by atoms with E-state index in [9.17, 15) is 19.5 Å². The van der Waals surface area contributed by atoms with Crippen molar-refractivity contribution >= 4 is 17.8 Å². The van der Waals surface area contributed by atoms with E-state index in [1.807, 2.05) is 54.6 Å². The van der Waals surface area contributed by atoms with E-state index in [1.165, 1.54) is 6.92 Å². The van der Waals surface area contributed by atoms with Crippen LogP contribution in [0.15, 0.2) is 65.9 Å². The van der Waals surface area contributed by atoms with E-state index in [0.717, 1.165) is 16.7 Å². The smallest absolute Gasteiger partial charge is 0.371 e. The van der Waals surface area contributed by atoms with E-state index in [1.54, 1.807) is 0 Å². The number of nitrogens with two attached hydrogens (primary N) is 1. The van der Waals surface area contributed by atoms with Gasteiger partial charge in [-0.05, 0) is 23.1 Å². The lowest BCUT2D eigenvalue weighted by Crippen LogP contribution is -2.56. The minimum atomic E-state index is -1.38. The average molecular weight is 423 g/mol. The fourth-order valence-electron chi connectivity index (χ4n) is 3.44. The molecule has 1 aliphatic rings. The molecule has 0 bridgehead atoms. The summed E-state index contributed by atoms with van der Waals surface area (Å²) in [5.41, 5.74) is 9.13. The molecule has 8 heteroatoms. The largest absolute Gasteiger partial charge is 0.484 e. The number of carbonyl (C=O) groups is 3. The van der Waals surface area contributed by atoms with Crippen LogP contribution in [0.25, 0.3) is 11.1 Å². The monoisotopic (exact) mass is 423 g/mol. The van der Waals surface area contributed by atoms with Gasteiger partial charge in [-0.1, -0.05) is 54.6 Å². The number of rotatable bonds is 7. The SMILES string of the molecule is CC(=O)N[C@H]1COC(C(=O)O)=C(C(=O)NCCc2ccc(-c3ccccc3)cc2)[C@@H]1N. The highest BCUT2D eigenvalue weighted by atomic mass is 16.5. The van der Waals surface area contributed by atoms with Crippen LogP contribution in [0.5, 0.6) is 0 Å². The Labute approximate surface area is 180 Å². The molecule has 0 aliphatic carbocycles. The number of nitrogens with one attached hydrogen (secondary N) is 2. The fraction of sp³-hybridized carbons (Fsp3) is 0.261. The summed E-state index contributed by atoms with van der Waals surface area (Å²) in [4.78, 5) is 35.5. The summed E-state index contributed by atoms with van der Waals surface area (Å²) >= 11 is 0. The predicted octanol–water partition coefficient (Wildman–Crippen LogP) is 1.21. The van der Waals surface area contributed by atoms with Crippen LogP contribution in [0.4, 0.5) is 0 Å². The zero-order chi connectivity index (χ0) is 22.4. The molecule has 0 spiro atoms. The van der Waals surface area contributed by atoms with Gasteiger partial charge in [0.15, 0.2) is 0 Å². The number of aliphatic carboxylic acids is 1. The first-order chi connectivity index (χ1) is 14.9. The first-order valence-electron chi connectivity index (χ1n) is 9.92. The zero-order valence-electron chi connectivity index (χ0n) is 17.1. The molecule has 0 aromatic heterocycles. The molecule has 0 saturated heterocycles. The summed E-state index contributed by atoms with van der Waals surface area (Å²) in [6.45, 7) is 1.48. The lowest BCUT2D eigenvalue weighted by atomic mass is 9.95. The van der Waals surface area contributed by atoms with E-state index >= 15 is 0 Å². The van der Waals surface area contributed by atoms with Crippen LogP contribution < -0.4 is 16.4 Å². The van der Waals surface area contributed by atoms with E-state index in [4.69, 9.17) is 10.5 Å². The van der Waals surface area contributed by atoms with Crippen molar-refractivity contribution in [2.24, 2.45) is 5.73 Å². The number of benzene rings is 2. The minimum absolute atomic E-state index is 0.118. The van der Waals surface area contributed by atoms with E-state index in [-0.39, 0.29) is 24.6 Å². The Bertz CT molecular complexity index is 986. The normalized spacial score (nSPS) is 18.1. The molecular weight excluding hydrogens is 398 g/mol. The highest BCUT2D eigenvalue weighted by Crippen LogP contribution is 2.21. The molecule has 2 aromatic carbocycles. The summed E-state index contributed by atoms with van der Waals surface area (Å²) < 4.78 is 5.20. The molecule has 3 rings (SSSR count). The van der Waals surface area contributed by atoms with Crippen molar-refractivity contribution < 1.29 is 24.2 Å². The second-order valence-corrected chi connectivity index (χ2v) is 7.26. The maximum atomic E-state index is 12.7. The van der Waals surface area contributed by atoms with Gasteiger partial charge in [0.25, 0.3) is 5.91 Å². The van der Waals surface area contributed by atoms with Crippen LogP contribution in [0.2, 0.25) is 0 Å². The second-order valence-electron chi connectivity index (χ2n) is 7.26. The molecule has 162 valence electrons. The summed E-state index contributed by atoms with van der Waals surface area (Å²) in [5.74, 6) is -2.83. The maximum absolute atomic E-state index is 12.7. The van der Waals surface area contributed by atoms with Crippen LogP contribution in [0.3, 0.4) is 0 Å². The summed E-state index contributed by atoms with van der Waals surface area (Å²) in [6, 6.07) is 16.3. The second kappa shape index (κ2) is 9.90. The van der Waals surface area contributed by atoms with Gasteiger partial charge in [0.1, 0.15) is 6.61 Å². The molecule has 2 aromatic rings. The Balaban J connectivity index is 1.63. The fourth-order valence-corrected chi connectivity index (χ4v) is 3.44. The van der Waals surface area contributed by atoms with Gasteiger partial charge >= 0.3 is 5.97 Å². The number of carbonyl (C=O) groups excluding carboxylic acids is 2. The number of amides is 2. The molecule has 2 atom stereocenters. The number of ether oxygens (including phenoxy) is 1. The van der Waals surface area contributed by atoms with Crippen LogP contribution in [0, 0.1) is 0 Å². The number of carboxylic acids is 1. The van der Waals surface area contributed by atoms with Crippen LogP contribution >= 0.6 is 0 Å². The van der Waals surface area contributed by atoms with Gasteiger partial charge in [0.2, 0.25) is 11.7 Å². The Morgan fingerprint density at radius 2 is 1.71 bits per heavy atom. The quantitative estimate of drug-likeness (QED) is 0.530. The standard InChI is InChI=1S/C23H25N3O5/c1-14(27)26-18-13-31-21(23(29)30)19(20(18)24)22(28)25-12-11-15-7-9-17(10-8-15)16-5-3-2-4-6-16/h2-10,18,20H,11-13,24H2,1H3,(H,25,28)(H,26,27)(H,29,30)/t18-,20+/m0/s1. The van der Waals surface area contributed by atoms with Crippen LogP contribution in [0.1, 0.15) is 12.5 Å². The molecule has 1 heterocycles. The number of hydrogen-bond acceptors (Lipinski definition) is 5. The van der Waals surface area contributed by atoms with Gasteiger partial charge in [-0.15, -0.1) is 0 Å². The molecule has 0 unspecified atom stereocenters. The predicted molar refractivity (Wildman–Crippen MR) is 115 cm³/mol. The number of hydrogen-bond donors (Lipinski definition) is 4. The van der Waals surface area contributed by atoms with Gasteiger partial charge in [-0.3, -0.25) is 9.59 Å². The van der Waals surface area contributed by atoms with Crippen molar-refractivity contribution in [3.8, 4) is 11.1 Å². The number of carboxylic acid groups (broad SMARTS) is 1. The molecule has 0 fully saturated rings. The topological polar surface area (TPSA) is 131 Å². The molecule has 1 aliphatic heterocycles. The van der Waals surface area contributed by atoms with Crippen molar-refractivity contribution in [2.45, 2.75) is 25.4 Å². The van der Waals surface area contributed by atoms with Gasteiger partial charge in [-0.25, -0.2) is 4.79 Å². The Morgan fingerprint density at radius 1 is 1.06 bits per heavy atom. The highest BCUT2D eigenvalue weighted by Gasteiger charge is 2.37. The lowest BCUT2D eigenvalue weighted by molar-refractivity contribution is -0.138. The molecule has 31 heavy (non-hydrogen) atoms. The molecule has 2 amide bonds. The Morgan fingerprint density at radius 3 is 2.32 bits per heavy atom. The van der Waals surface area contributed by atoms with Gasteiger partial charge in [0.05, 0.1) is 17.7 Å². The van der Waals surface area contributed by atoms with Crippen LogP contribution in [-0.2, 0) is 25.5 Å². The third-order valence-corrected chi connectivity index (χ3v) is 5.01. The summed E-state index contributed by atoms with van der Waals surface area (Å²) in [5, 5.41) is 14.6. The van der Waals surface area contributed by atoms with E-state index in [0.29, 0.717) is 6.42 Å². The molecule has 0 saturated carbocycles. The molecule has 5 N–H and O–H groups in total. The first kappa shape index (κ1) is 22.0. The van der Waals surface area contributed by atoms with Crippen molar-refractivity contribution in [2.75, 3.05) is 13.2 Å². The maximum Gasteiger partial charge on any atom is 0.371 e. The molecule has 8 nitrogen and oxygen atoms in total. The summed E-state index contributed by atoms with van der Waals surface area (Å²) in [6.07, 6.45) is 0.557. The third kappa shape index (κ3) is 5.49. The Kier molecular flexibility index (Phi) is 7.04. The summed E-state index contributed by atoms with van der Waals surface area (Å²) in [7, 11) is 0. The third-order valence-electron chi connectivity index (χ3n) is 5.01. The van der Waals surface area contributed by atoms with E-state index < -0.39 is 29.7 Å². The van der Waals surface area contributed by atoms with Gasteiger partial charge in [-0.2, -0.15) is 0 Å². The van der Waals surface area contributed by atoms with Gasteiger partial charge < -0.3 is 26.2 Å². The zero-order valence-corrected chi connectivity index (χ0v) is 17.1. The minimum Gasteiger partial charge on any atom is -0.484 e. The van der Waals surface area contributed by atoms with Gasteiger partial charge in [0, 0.05) is 13.5 Å².